The Morgan fingerprint density at radius 1 is 1.27 bits per heavy atom. The van der Waals surface area contributed by atoms with Gasteiger partial charge in [0.15, 0.2) is 0 Å². The number of allylic oxidation sites excluding steroid dienone is 1. The Morgan fingerprint density at radius 2 is 2.00 bits per heavy atom. The summed E-state index contributed by atoms with van der Waals surface area (Å²) in [7, 11) is 0. The molecule has 0 fully saturated rings. The molecule has 0 atom stereocenters. The van der Waals surface area contributed by atoms with E-state index in [2.05, 4.69) is 11.6 Å². The third-order valence-electron chi connectivity index (χ3n) is 1.49. The van der Waals surface area contributed by atoms with Gasteiger partial charge in [0, 0.05) is 0 Å². The SMILES string of the molecule is C=CCCCCCCN=C=O. The van der Waals surface area contributed by atoms with Crippen molar-refractivity contribution in [1.29, 1.82) is 0 Å². The number of carbonyl (C=O) groups excluding carboxylic acids is 1. The molecule has 0 aromatic rings. The molecular formula is C9H15NO. The predicted octanol–water partition coefficient (Wildman–Crippen LogP) is 2.46. The van der Waals surface area contributed by atoms with Crippen molar-refractivity contribution in [3.05, 3.63) is 12.7 Å². The zero-order valence-corrected chi connectivity index (χ0v) is 6.88. The van der Waals surface area contributed by atoms with Crippen molar-refractivity contribution in [3.63, 3.8) is 0 Å². The lowest BCUT2D eigenvalue weighted by molar-refractivity contribution is 0.561. The van der Waals surface area contributed by atoms with Gasteiger partial charge in [-0.1, -0.05) is 18.9 Å². The van der Waals surface area contributed by atoms with E-state index in [4.69, 9.17) is 0 Å². The second-order valence-electron chi connectivity index (χ2n) is 2.46. The molecule has 0 radical (unpaired) electrons. The first-order chi connectivity index (χ1) is 5.41. The lowest BCUT2D eigenvalue weighted by atomic mass is 10.1. The monoisotopic (exact) mass is 153 g/mol. The minimum Gasteiger partial charge on any atom is -0.211 e. The molecular weight excluding hydrogens is 138 g/mol. The zero-order chi connectivity index (χ0) is 8.36. The summed E-state index contributed by atoms with van der Waals surface area (Å²) in [6, 6.07) is 0. The number of hydrogen-bond donors (Lipinski definition) is 0. The number of unbranched alkanes of at least 4 members (excludes halogenated alkanes) is 4. The smallest absolute Gasteiger partial charge is 0.211 e. The molecule has 11 heavy (non-hydrogen) atoms. The van der Waals surface area contributed by atoms with Crippen LogP contribution in [-0.4, -0.2) is 12.6 Å². The lowest BCUT2D eigenvalue weighted by Crippen LogP contribution is -1.81. The lowest BCUT2D eigenvalue weighted by Gasteiger charge is -1.94. The van der Waals surface area contributed by atoms with Crippen molar-refractivity contribution in [2.24, 2.45) is 4.99 Å². The van der Waals surface area contributed by atoms with Gasteiger partial charge < -0.3 is 0 Å². The molecule has 0 N–H and O–H groups in total. The highest BCUT2D eigenvalue weighted by Gasteiger charge is 1.86. The number of rotatable bonds is 7. The highest BCUT2D eigenvalue weighted by Crippen LogP contribution is 2.02. The van der Waals surface area contributed by atoms with E-state index in [1.165, 1.54) is 18.9 Å². The molecule has 0 amide bonds. The summed E-state index contributed by atoms with van der Waals surface area (Å²) in [5.74, 6) is 0. The van der Waals surface area contributed by atoms with E-state index in [-0.39, 0.29) is 0 Å². The van der Waals surface area contributed by atoms with Gasteiger partial charge in [0.1, 0.15) is 0 Å². The van der Waals surface area contributed by atoms with Crippen LogP contribution < -0.4 is 0 Å². The summed E-state index contributed by atoms with van der Waals surface area (Å²) in [5, 5.41) is 0. The van der Waals surface area contributed by atoms with Crippen LogP contribution in [0.1, 0.15) is 32.1 Å². The maximum atomic E-state index is 9.64. The van der Waals surface area contributed by atoms with Gasteiger partial charge in [0.05, 0.1) is 6.54 Å². The molecule has 0 heterocycles. The van der Waals surface area contributed by atoms with E-state index in [1.54, 1.807) is 0 Å². The normalized spacial score (nSPS) is 8.73. The average Bonchev–Trinajstić information content (AvgIpc) is 2.03. The van der Waals surface area contributed by atoms with Gasteiger partial charge in [-0.2, -0.15) is 0 Å². The third-order valence-corrected chi connectivity index (χ3v) is 1.49. The third kappa shape index (κ3) is 9.12. The minimum absolute atomic E-state index is 0.636. The first-order valence-corrected chi connectivity index (χ1v) is 4.06. The van der Waals surface area contributed by atoms with Gasteiger partial charge in [-0.3, -0.25) is 0 Å². The summed E-state index contributed by atoms with van der Waals surface area (Å²) in [6.45, 7) is 4.27. The molecule has 0 aliphatic heterocycles. The van der Waals surface area contributed by atoms with E-state index in [0.29, 0.717) is 6.54 Å². The largest absolute Gasteiger partial charge is 0.234 e. The second-order valence-corrected chi connectivity index (χ2v) is 2.46. The first kappa shape index (κ1) is 10.1. The van der Waals surface area contributed by atoms with Gasteiger partial charge in [0.25, 0.3) is 0 Å². The zero-order valence-electron chi connectivity index (χ0n) is 6.88. The Bertz CT molecular complexity index is 136. The van der Waals surface area contributed by atoms with Crippen molar-refractivity contribution in [2.45, 2.75) is 32.1 Å². The Morgan fingerprint density at radius 3 is 2.64 bits per heavy atom. The van der Waals surface area contributed by atoms with Gasteiger partial charge in [-0.25, -0.2) is 9.79 Å². The summed E-state index contributed by atoms with van der Waals surface area (Å²) >= 11 is 0. The Balaban J connectivity index is 2.90. The molecule has 0 bridgehead atoms. The number of hydrogen-bond acceptors (Lipinski definition) is 2. The quantitative estimate of drug-likeness (QED) is 0.239. The maximum absolute atomic E-state index is 9.64. The average molecular weight is 153 g/mol. The van der Waals surface area contributed by atoms with E-state index >= 15 is 0 Å². The van der Waals surface area contributed by atoms with E-state index in [0.717, 1.165) is 19.3 Å². The van der Waals surface area contributed by atoms with Crippen LogP contribution in [0.3, 0.4) is 0 Å². The summed E-state index contributed by atoms with van der Waals surface area (Å²) < 4.78 is 0. The van der Waals surface area contributed by atoms with Crippen molar-refractivity contribution in [3.8, 4) is 0 Å². The van der Waals surface area contributed by atoms with Crippen LogP contribution in [0.4, 0.5) is 0 Å². The molecule has 0 spiro atoms. The predicted molar refractivity (Wildman–Crippen MR) is 46.3 cm³/mol. The van der Waals surface area contributed by atoms with Crippen LogP contribution in [0.25, 0.3) is 0 Å². The van der Waals surface area contributed by atoms with E-state index in [1.807, 2.05) is 6.08 Å². The fourth-order valence-corrected chi connectivity index (χ4v) is 0.879. The van der Waals surface area contributed by atoms with Gasteiger partial charge in [0.2, 0.25) is 6.08 Å². The van der Waals surface area contributed by atoms with E-state index in [9.17, 15) is 4.79 Å². The maximum Gasteiger partial charge on any atom is 0.234 e. The van der Waals surface area contributed by atoms with Gasteiger partial charge in [-0.05, 0) is 19.3 Å². The van der Waals surface area contributed by atoms with Crippen LogP contribution in [-0.2, 0) is 4.79 Å². The van der Waals surface area contributed by atoms with Crippen LogP contribution in [0.5, 0.6) is 0 Å². The fourth-order valence-electron chi connectivity index (χ4n) is 0.879. The van der Waals surface area contributed by atoms with Crippen molar-refractivity contribution < 1.29 is 4.79 Å². The molecule has 0 rings (SSSR count). The van der Waals surface area contributed by atoms with Crippen molar-refractivity contribution >= 4 is 6.08 Å². The van der Waals surface area contributed by atoms with E-state index < -0.39 is 0 Å². The van der Waals surface area contributed by atoms with Gasteiger partial charge >= 0.3 is 0 Å². The molecule has 62 valence electrons. The molecule has 0 aromatic heterocycles. The number of nitrogens with zero attached hydrogens (tertiary/aromatic N) is 1. The van der Waals surface area contributed by atoms with Crippen LogP contribution in [0, 0.1) is 0 Å². The van der Waals surface area contributed by atoms with Crippen LogP contribution in [0.2, 0.25) is 0 Å². The van der Waals surface area contributed by atoms with Crippen molar-refractivity contribution in [2.75, 3.05) is 6.54 Å². The first-order valence-electron chi connectivity index (χ1n) is 4.06. The molecule has 0 aromatic carbocycles. The second kappa shape index (κ2) is 9.12. The molecule has 0 saturated carbocycles. The van der Waals surface area contributed by atoms with Gasteiger partial charge in [-0.15, -0.1) is 6.58 Å². The molecule has 0 saturated heterocycles. The number of isocyanates is 1. The Kier molecular flexibility index (Phi) is 8.39. The minimum atomic E-state index is 0.636. The highest BCUT2D eigenvalue weighted by atomic mass is 16.1. The molecule has 0 aliphatic carbocycles. The molecule has 2 nitrogen and oxygen atoms in total. The summed E-state index contributed by atoms with van der Waals surface area (Å²) in [4.78, 5) is 13.1. The van der Waals surface area contributed by atoms with Crippen LogP contribution >= 0.6 is 0 Å². The standard InChI is InChI=1S/C9H15NO/c1-2-3-4-5-6-7-8-10-9-11/h2H,1,3-8H2. The molecule has 0 aliphatic rings. The van der Waals surface area contributed by atoms with Crippen LogP contribution in [0.15, 0.2) is 17.6 Å². The Hall–Kier alpha value is -0.880. The molecule has 2 heteroatoms. The summed E-state index contributed by atoms with van der Waals surface area (Å²) in [6.07, 6.45) is 9.13. The Labute approximate surface area is 68.0 Å². The van der Waals surface area contributed by atoms with Crippen molar-refractivity contribution in [1.82, 2.24) is 0 Å². The highest BCUT2D eigenvalue weighted by molar-refractivity contribution is 5.32. The topological polar surface area (TPSA) is 29.4 Å². The summed E-state index contributed by atoms with van der Waals surface area (Å²) in [5.41, 5.74) is 0. The number of aliphatic imine (C=N–C) groups is 1. The molecule has 0 unspecified atom stereocenters. The fraction of sp³-hybridized carbons (Fsp3) is 0.667.